The highest BCUT2D eigenvalue weighted by Gasteiger charge is 2.72. The minimum Gasteiger partial charge on any atom is -0.493 e. The molecule has 1 N–H and O–H groups in total. The summed E-state index contributed by atoms with van der Waals surface area (Å²) in [5.41, 5.74) is -4.43. The molecule has 5 rings (SSSR count). The number of piperidine rings is 1. The molecule has 2 fully saturated rings. The first kappa shape index (κ1) is 7.53. The highest BCUT2D eigenvalue weighted by molar-refractivity contribution is 5.90. The van der Waals surface area contributed by atoms with Crippen LogP contribution in [0.4, 0.5) is 0 Å². The molecule has 4 atom stereocenters. The van der Waals surface area contributed by atoms with Crippen LogP contribution in [0.1, 0.15) is 42.7 Å². The van der Waals surface area contributed by atoms with Crippen LogP contribution in [0.5, 0.6) is 11.5 Å². The zero-order chi connectivity index (χ0) is 23.9. The van der Waals surface area contributed by atoms with Crippen LogP contribution in [0.2, 0.25) is 0 Å². The molecule has 1 aromatic carbocycles. The van der Waals surface area contributed by atoms with Crippen molar-refractivity contribution in [1.29, 1.82) is 0 Å². The molecule has 2 aliphatic carbocycles. The fourth-order valence-corrected chi connectivity index (χ4v) is 4.54. The van der Waals surface area contributed by atoms with Gasteiger partial charge in [-0.2, -0.15) is 0 Å². The van der Waals surface area contributed by atoms with E-state index in [4.69, 9.17) is 20.4 Å². The van der Waals surface area contributed by atoms with Gasteiger partial charge in [0.2, 0.25) is 0 Å². The van der Waals surface area contributed by atoms with Crippen molar-refractivity contribution in [2.45, 2.75) is 48.7 Å². The third-order valence-corrected chi connectivity index (χ3v) is 5.56. The number of ketones is 1. The molecule has 2 heterocycles. The lowest BCUT2D eigenvalue weighted by Crippen LogP contribution is -2.76. The van der Waals surface area contributed by atoms with Crippen molar-refractivity contribution in [1.82, 2.24) is 4.90 Å². The number of ether oxygens (including phenoxy) is 2. The number of rotatable bonds is 1. The first-order valence-corrected chi connectivity index (χ1v) is 7.48. The molecular formula is C18H21NO4. The first-order valence-electron chi connectivity index (χ1n) is 12.0. The molecule has 0 radical (unpaired) electrons. The number of aliphatic hydroxyl groups is 1. The summed E-state index contributed by atoms with van der Waals surface area (Å²) in [5, 5.41) is 12.1. The number of methoxy groups -OCH3 is 1. The highest BCUT2D eigenvalue weighted by Crippen LogP contribution is 2.64. The highest BCUT2D eigenvalue weighted by atomic mass is 16.5. The van der Waals surface area contributed by atoms with E-state index < -0.39 is 61.1 Å². The van der Waals surface area contributed by atoms with Crippen LogP contribution < -0.4 is 9.47 Å². The van der Waals surface area contributed by atoms with Crippen molar-refractivity contribution >= 4 is 5.78 Å². The SMILES string of the molecule is [2H]c1c([2H])c(OC)c2c3c1C[C@@]1([2H])N(C([2H])([2H])[2H])CC[C@@]34C([2H])(O2)C(=O)C([2H])([2H])C[C@@]14O. The van der Waals surface area contributed by atoms with E-state index >= 15 is 0 Å². The molecule has 1 spiro atoms. The number of carbonyl (C=O) groups excluding carboxylic acids is 1. The molecule has 1 unspecified atom stereocenters. The largest absolute Gasteiger partial charge is 0.493 e. The third kappa shape index (κ3) is 1.32. The third-order valence-electron chi connectivity index (χ3n) is 5.56. The fourth-order valence-electron chi connectivity index (χ4n) is 4.54. The Balaban J connectivity index is 1.96. The van der Waals surface area contributed by atoms with Gasteiger partial charge in [0.1, 0.15) is 0 Å². The molecule has 1 saturated carbocycles. The summed E-state index contributed by atoms with van der Waals surface area (Å²) in [6.07, 6.45) is -7.25. The molecule has 5 heteroatoms. The lowest BCUT2D eigenvalue weighted by molar-refractivity contribution is -0.185. The van der Waals surface area contributed by atoms with Crippen molar-refractivity contribution in [2.24, 2.45) is 0 Å². The molecule has 2 aliphatic heterocycles. The van der Waals surface area contributed by atoms with Crippen LogP contribution in [0, 0.1) is 0 Å². The zero-order valence-electron chi connectivity index (χ0n) is 21.4. The number of benzene rings is 1. The second-order valence-corrected chi connectivity index (χ2v) is 6.37. The predicted molar refractivity (Wildman–Crippen MR) is 83.0 cm³/mol. The Hall–Kier alpha value is -1.59. The van der Waals surface area contributed by atoms with Crippen LogP contribution in [-0.4, -0.2) is 54.1 Å². The van der Waals surface area contributed by atoms with Crippen molar-refractivity contribution < 1.29 is 31.7 Å². The molecule has 4 aliphatic rings. The van der Waals surface area contributed by atoms with Crippen LogP contribution >= 0.6 is 0 Å². The van der Waals surface area contributed by atoms with Crippen LogP contribution in [0.15, 0.2) is 12.1 Å². The standard InChI is InChI=1S/C18H21NO4/c1-19-8-7-17-14-10-3-4-12(22-2)15(14)23-16(17)11(20)5-6-18(17,21)13(19)9-10/h3-4,13,16,21H,5-9H2,1-2H3/t13-,16?,17+,18-/m1/s1/i1D3,3D,4D,5D2,13D,16D. The number of Topliss-reactive ketones (excluding diaryl/α,β-unsaturated/α-hetero) is 1. The van der Waals surface area contributed by atoms with Gasteiger partial charge in [-0.15, -0.1) is 0 Å². The number of likely N-dealkylation sites (tertiary alicyclic amines) is 1. The van der Waals surface area contributed by atoms with Crippen LogP contribution in [0.3, 0.4) is 0 Å². The van der Waals surface area contributed by atoms with Gasteiger partial charge in [-0.25, -0.2) is 0 Å². The Morgan fingerprint density at radius 3 is 3.26 bits per heavy atom. The van der Waals surface area contributed by atoms with Crippen molar-refractivity contribution in [3.8, 4) is 11.5 Å². The fraction of sp³-hybridized carbons (Fsp3) is 0.611. The van der Waals surface area contributed by atoms with Gasteiger partial charge >= 0.3 is 0 Å². The van der Waals surface area contributed by atoms with E-state index in [1.165, 1.54) is 7.11 Å². The van der Waals surface area contributed by atoms with Gasteiger partial charge in [0.05, 0.1) is 23.6 Å². The maximum atomic E-state index is 13.3. The summed E-state index contributed by atoms with van der Waals surface area (Å²) in [5.74, 6) is -1.69. The lowest BCUT2D eigenvalue weighted by Gasteiger charge is -2.62. The Bertz CT molecular complexity index is 1090. The van der Waals surface area contributed by atoms with Gasteiger partial charge in [-0.3, -0.25) is 4.79 Å². The summed E-state index contributed by atoms with van der Waals surface area (Å²) in [4.78, 5) is 14.0. The van der Waals surface area contributed by atoms with Gasteiger partial charge in [0, 0.05) is 24.8 Å². The van der Waals surface area contributed by atoms with Crippen LogP contribution in [-0.2, 0) is 16.6 Å². The second kappa shape index (κ2) is 4.08. The zero-order valence-corrected chi connectivity index (χ0v) is 12.4. The van der Waals surface area contributed by atoms with Gasteiger partial charge in [-0.05, 0) is 44.4 Å². The average molecular weight is 324 g/mol. The Kier molecular flexibility index (Phi) is 1.34. The molecule has 23 heavy (non-hydrogen) atoms. The molecule has 0 aromatic heterocycles. The quantitative estimate of drug-likeness (QED) is 0.837. The van der Waals surface area contributed by atoms with Gasteiger partial charge < -0.3 is 19.5 Å². The van der Waals surface area contributed by atoms with E-state index in [0.717, 1.165) is 4.90 Å². The molecule has 122 valence electrons. The van der Waals surface area contributed by atoms with Crippen molar-refractivity contribution in [2.75, 3.05) is 20.6 Å². The van der Waals surface area contributed by atoms with E-state index in [1.807, 2.05) is 0 Å². The summed E-state index contributed by atoms with van der Waals surface area (Å²) < 4.78 is 86.5. The van der Waals surface area contributed by atoms with Crippen LogP contribution in [0.25, 0.3) is 0 Å². The van der Waals surface area contributed by atoms with Gasteiger partial charge in [-0.1, -0.05) is 6.04 Å². The normalized spacial score (nSPS) is 55.4. The maximum absolute atomic E-state index is 13.3. The van der Waals surface area contributed by atoms with E-state index in [9.17, 15) is 11.3 Å². The minimum absolute atomic E-state index is 0.0313. The van der Waals surface area contributed by atoms with E-state index in [2.05, 4.69) is 0 Å². The summed E-state index contributed by atoms with van der Waals surface area (Å²) in [6.45, 7) is -3.14. The monoisotopic (exact) mass is 324 g/mol. The van der Waals surface area contributed by atoms with Crippen molar-refractivity contribution in [3.05, 3.63) is 23.2 Å². The first-order chi connectivity index (χ1) is 14.5. The van der Waals surface area contributed by atoms with E-state index in [1.54, 1.807) is 0 Å². The molecule has 1 saturated heterocycles. The Morgan fingerprint density at radius 2 is 2.48 bits per heavy atom. The topological polar surface area (TPSA) is 59.0 Å². The number of carbonyl (C=O) groups is 1. The summed E-state index contributed by atoms with van der Waals surface area (Å²) >= 11 is 0. The van der Waals surface area contributed by atoms with Gasteiger partial charge in [0.15, 0.2) is 23.4 Å². The minimum atomic E-state index is -2.85. The van der Waals surface area contributed by atoms with E-state index in [0.29, 0.717) is 0 Å². The maximum Gasteiger partial charge on any atom is 0.174 e. The van der Waals surface area contributed by atoms with Gasteiger partial charge in [0.25, 0.3) is 0 Å². The molecule has 0 amide bonds. The Morgan fingerprint density at radius 1 is 1.61 bits per heavy atom. The smallest absolute Gasteiger partial charge is 0.174 e. The molecule has 2 bridgehead atoms. The van der Waals surface area contributed by atoms with E-state index in [-0.39, 0.29) is 41.6 Å². The summed E-state index contributed by atoms with van der Waals surface area (Å²) in [7, 11) is 1.22. The molecular weight excluding hydrogens is 294 g/mol. The Labute approximate surface area is 147 Å². The number of likely N-dealkylation sites (N-methyl/N-ethyl adjacent to an activating group) is 1. The number of hydrogen-bond donors (Lipinski definition) is 1. The molecule has 1 aromatic rings. The average Bonchev–Trinajstić information content (AvgIpc) is 2.91. The molecule has 5 nitrogen and oxygen atoms in total. The number of nitrogens with zero attached hydrogens (tertiary/aromatic N) is 1. The number of hydrogen-bond acceptors (Lipinski definition) is 5. The lowest BCUT2D eigenvalue weighted by atomic mass is 9.49. The summed E-state index contributed by atoms with van der Waals surface area (Å²) in [6, 6.07) is -3.21. The second-order valence-electron chi connectivity index (χ2n) is 6.37. The van der Waals surface area contributed by atoms with Crippen molar-refractivity contribution in [3.63, 3.8) is 0 Å². The predicted octanol–water partition coefficient (Wildman–Crippen LogP) is 1.05.